The summed E-state index contributed by atoms with van der Waals surface area (Å²) in [5.74, 6) is 0.235. The van der Waals surface area contributed by atoms with E-state index in [1.807, 2.05) is 11.8 Å². The second-order valence-electron chi connectivity index (χ2n) is 5.09. The summed E-state index contributed by atoms with van der Waals surface area (Å²) in [4.78, 5) is 0. The van der Waals surface area contributed by atoms with Gasteiger partial charge in [-0.1, -0.05) is 6.92 Å². The van der Waals surface area contributed by atoms with E-state index in [1.165, 1.54) is 30.7 Å². The monoisotopic (exact) mass is 285 g/mol. The molecule has 1 saturated heterocycles. The predicted molar refractivity (Wildman–Crippen MR) is 77.6 cm³/mol. The van der Waals surface area contributed by atoms with Gasteiger partial charge in [-0.25, -0.2) is 8.78 Å². The smallest absolute Gasteiger partial charge is 0.126 e. The molecule has 1 fully saturated rings. The molecule has 0 bridgehead atoms. The average Bonchev–Trinajstić information content (AvgIpc) is 2.87. The maximum Gasteiger partial charge on any atom is 0.126 e. The van der Waals surface area contributed by atoms with Crippen LogP contribution in [0, 0.1) is 11.6 Å². The van der Waals surface area contributed by atoms with Crippen LogP contribution in [-0.2, 0) is 6.42 Å². The first kappa shape index (κ1) is 14.8. The van der Waals surface area contributed by atoms with E-state index in [4.69, 9.17) is 0 Å². The maximum atomic E-state index is 13.2. The summed E-state index contributed by atoms with van der Waals surface area (Å²) in [6.45, 7) is 3.09. The van der Waals surface area contributed by atoms with Crippen molar-refractivity contribution in [3.05, 3.63) is 35.4 Å². The van der Waals surface area contributed by atoms with Gasteiger partial charge in [-0.3, -0.25) is 0 Å². The third kappa shape index (κ3) is 4.46. The second-order valence-corrected chi connectivity index (χ2v) is 6.44. The van der Waals surface area contributed by atoms with Crippen molar-refractivity contribution >= 4 is 11.8 Å². The standard InChI is InChI=1S/C15H21F2NS/c1-2-5-18-14(15-4-3-6-19-15)9-11-7-12(16)10-13(17)8-11/h7-8,10,14-15,18H,2-6,9H2,1H3. The van der Waals surface area contributed by atoms with E-state index in [0.29, 0.717) is 17.7 Å². The fraction of sp³-hybridized carbons (Fsp3) is 0.600. The first-order valence-corrected chi connectivity index (χ1v) is 8.04. The fourth-order valence-electron chi connectivity index (χ4n) is 2.57. The highest BCUT2D eigenvalue weighted by molar-refractivity contribution is 8.00. The van der Waals surface area contributed by atoms with Gasteiger partial charge in [0.1, 0.15) is 11.6 Å². The quantitative estimate of drug-likeness (QED) is 0.854. The summed E-state index contributed by atoms with van der Waals surface area (Å²) < 4.78 is 26.5. The van der Waals surface area contributed by atoms with Crippen molar-refractivity contribution in [2.24, 2.45) is 0 Å². The van der Waals surface area contributed by atoms with Gasteiger partial charge in [0, 0.05) is 17.4 Å². The van der Waals surface area contributed by atoms with E-state index in [2.05, 4.69) is 12.2 Å². The first-order chi connectivity index (χ1) is 9.19. The SMILES string of the molecule is CCCNC(Cc1cc(F)cc(F)c1)C1CCCS1. The van der Waals surface area contributed by atoms with Gasteiger partial charge in [0.2, 0.25) is 0 Å². The maximum absolute atomic E-state index is 13.2. The van der Waals surface area contributed by atoms with E-state index in [9.17, 15) is 8.78 Å². The molecule has 0 aliphatic carbocycles. The number of thioether (sulfide) groups is 1. The minimum Gasteiger partial charge on any atom is -0.313 e. The highest BCUT2D eigenvalue weighted by Gasteiger charge is 2.25. The minimum absolute atomic E-state index is 0.314. The minimum atomic E-state index is -0.483. The molecule has 4 heteroatoms. The van der Waals surface area contributed by atoms with Crippen LogP contribution in [0.3, 0.4) is 0 Å². The normalized spacial score (nSPS) is 20.7. The molecule has 19 heavy (non-hydrogen) atoms. The molecule has 0 aromatic heterocycles. The zero-order valence-corrected chi connectivity index (χ0v) is 12.1. The molecule has 1 heterocycles. The number of halogens is 2. The Bertz CT molecular complexity index is 385. The van der Waals surface area contributed by atoms with Crippen LogP contribution in [0.25, 0.3) is 0 Å². The van der Waals surface area contributed by atoms with Gasteiger partial charge < -0.3 is 5.32 Å². The Morgan fingerprint density at radius 2 is 2.05 bits per heavy atom. The van der Waals surface area contributed by atoms with Gasteiger partial charge in [-0.2, -0.15) is 11.8 Å². The van der Waals surface area contributed by atoms with Gasteiger partial charge in [-0.05, 0) is 55.7 Å². The van der Waals surface area contributed by atoms with Crippen LogP contribution < -0.4 is 5.32 Å². The molecule has 1 aliphatic heterocycles. The molecule has 0 saturated carbocycles. The molecule has 106 valence electrons. The van der Waals surface area contributed by atoms with E-state index in [0.717, 1.165) is 24.6 Å². The summed E-state index contributed by atoms with van der Waals surface area (Å²) in [6.07, 6.45) is 4.22. The summed E-state index contributed by atoms with van der Waals surface area (Å²) in [7, 11) is 0. The largest absolute Gasteiger partial charge is 0.313 e. The molecule has 1 aromatic carbocycles. The lowest BCUT2D eigenvalue weighted by Crippen LogP contribution is -2.39. The molecule has 2 unspecified atom stereocenters. The summed E-state index contributed by atoms with van der Waals surface area (Å²) in [6, 6.07) is 4.14. The van der Waals surface area contributed by atoms with Crippen molar-refractivity contribution in [3.8, 4) is 0 Å². The Labute approximate surface area is 118 Å². The Balaban J connectivity index is 2.05. The van der Waals surface area contributed by atoms with Crippen molar-refractivity contribution < 1.29 is 8.78 Å². The Morgan fingerprint density at radius 3 is 2.63 bits per heavy atom. The number of benzene rings is 1. The van der Waals surface area contributed by atoms with Gasteiger partial charge >= 0.3 is 0 Å². The molecule has 0 amide bonds. The van der Waals surface area contributed by atoms with E-state index in [-0.39, 0.29) is 0 Å². The number of nitrogens with one attached hydrogen (secondary N) is 1. The Hall–Kier alpha value is -0.610. The molecule has 2 atom stereocenters. The van der Waals surface area contributed by atoms with E-state index < -0.39 is 11.6 Å². The van der Waals surface area contributed by atoms with E-state index >= 15 is 0 Å². The third-order valence-corrected chi connectivity index (χ3v) is 4.96. The van der Waals surface area contributed by atoms with Crippen LogP contribution in [0.1, 0.15) is 31.7 Å². The van der Waals surface area contributed by atoms with E-state index in [1.54, 1.807) is 0 Å². The predicted octanol–water partition coefficient (Wildman–Crippen LogP) is 3.77. The van der Waals surface area contributed by atoms with Crippen molar-refractivity contribution in [2.45, 2.75) is 43.9 Å². The van der Waals surface area contributed by atoms with Gasteiger partial charge in [0.25, 0.3) is 0 Å². The van der Waals surface area contributed by atoms with Crippen LogP contribution >= 0.6 is 11.8 Å². The van der Waals surface area contributed by atoms with Crippen LogP contribution in [0.5, 0.6) is 0 Å². The van der Waals surface area contributed by atoms with Crippen molar-refractivity contribution in [3.63, 3.8) is 0 Å². The molecule has 1 N–H and O–H groups in total. The van der Waals surface area contributed by atoms with Crippen LogP contribution in [0.4, 0.5) is 8.78 Å². The second kappa shape index (κ2) is 7.25. The Kier molecular flexibility index (Phi) is 5.64. The molecule has 1 aliphatic rings. The number of hydrogen-bond acceptors (Lipinski definition) is 2. The molecule has 1 aromatic rings. The lowest BCUT2D eigenvalue weighted by atomic mass is 10.0. The molecule has 0 spiro atoms. The van der Waals surface area contributed by atoms with Crippen LogP contribution in [0.2, 0.25) is 0 Å². The highest BCUT2D eigenvalue weighted by Crippen LogP contribution is 2.30. The highest BCUT2D eigenvalue weighted by atomic mass is 32.2. The molecule has 1 nitrogen and oxygen atoms in total. The Morgan fingerprint density at radius 1 is 1.32 bits per heavy atom. The zero-order chi connectivity index (χ0) is 13.7. The topological polar surface area (TPSA) is 12.0 Å². The third-order valence-electron chi connectivity index (χ3n) is 3.45. The van der Waals surface area contributed by atoms with Crippen molar-refractivity contribution in [1.82, 2.24) is 5.32 Å². The summed E-state index contributed by atoms with van der Waals surface area (Å²) in [5.41, 5.74) is 0.749. The van der Waals surface area contributed by atoms with Crippen molar-refractivity contribution in [1.29, 1.82) is 0 Å². The summed E-state index contributed by atoms with van der Waals surface area (Å²) in [5, 5.41) is 4.10. The number of hydrogen-bond donors (Lipinski definition) is 1. The first-order valence-electron chi connectivity index (χ1n) is 6.99. The fourth-order valence-corrected chi connectivity index (χ4v) is 3.96. The van der Waals surface area contributed by atoms with Gasteiger partial charge in [-0.15, -0.1) is 0 Å². The molecule has 0 radical (unpaired) electrons. The average molecular weight is 285 g/mol. The zero-order valence-electron chi connectivity index (χ0n) is 11.3. The van der Waals surface area contributed by atoms with Crippen LogP contribution in [-0.4, -0.2) is 23.6 Å². The number of rotatable bonds is 6. The van der Waals surface area contributed by atoms with Crippen LogP contribution in [0.15, 0.2) is 18.2 Å². The molecular weight excluding hydrogens is 264 g/mol. The van der Waals surface area contributed by atoms with Gasteiger partial charge in [0.15, 0.2) is 0 Å². The lowest BCUT2D eigenvalue weighted by molar-refractivity contribution is 0.479. The molecular formula is C15H21F2NS. The molecule has 2 rings (SSSR count). The lowest BCUT2D eigenvalue weighted by Gasteiger charge is -2.24. The summed E-state index contributed by atoms with van der Waals surface area (Å²) >= 11 is 1.98. The van der Waals surface area contributed by atoms with Gasteiger partial charge in [0.05, 0.1) is 0 Å². The van der Waals surface area contributed by atoms with Crippen molar-refractivity contribution in [2.75, 3.05) is 12.3 Å².